The van der Waals surface area contributed by atoms with Crippen molar-refractivity contribution in [1.82, 2.24) is 54.5 Å². The first-order valence-corrected chi connectivity index (χ1v) is 22.8. The Bertz CT molecular complexity index is 3110. The summed E-state index contributed by atoms with van der Waals surface area (Å²) in [4.78, 5) is 43.0. The number of nitrogens with zero attached hydrogens (tertiary/aromatic N) is 11. The minimum atomic E-state index is -4.94. The average molecular weight is 1010 g/mol. The van der Waals surface area contributed by atoms with E-state index in [2.05, 4.69) is 48.7 Å². The number of alkyl halides is 5. The molecule has 1 N–H and O–H groups in total. The average Bonchev–Trinajstić information content (AvgIpc) is 4.03. The Kier molecular flexibility index (Phi) is 14.5. The van der Waals surface area contributed by atoms with Gasteiger partial charge in [0.2, 0.25) is 5.91 Å². The number of amides is 2. The zero-order chi connectivity index (χ0) is 51.8. The Balaban J connectivity index is 1.19. The van der Waals surface area contributed by atoms with Crippen molar-refractivity contribution in [1.29, 1.82) is 5.26 Å². The minimum Gasteiger partial charge on any atom is -0.348 e. The van der Waals surface area contributed by atoms with E-state index in [0.717, 1.165) is 34.1 Å². The first-order valence-electron chi connectivity index (χ1n) is 21.4. The summed E-state index contributed by atoms with van der Waals surface area (Å²) in [5, 5.41) is 24.0. The number of benzene rings is 1. The molecule has 0 saturated heterocycles. The van der Waals surface area contributed by atoms with Gasteiger partial charge in [-0.05, 0) is 69.5 Å². The van der Waals surface area contributed by atoms with E-state index in [-0.39, 0.29) is 82.2 Å². The fraction of sp³-hybridized carbons (Fsp3) is 0.356. The van der Waals surface area contributed by atoms with Gasteiger partial charge in [0, 0.05) is 49.7 Å². The molecule has 1 aliphatic rings. The molecule has 0 fully saturated rings. The molecule has 0 unspecified atom stereocenters. The molecule has 5 aromatic heterocycles. The van der Waals surface area contributed by atoms with E-state index >= 15 is 4.39 Å². The third-order valence-corrected chi connectivity index (χ3v) is 12.7. The van der Waals surface area contributed by atoms with Crippen molar-refractivity contribution < 1.29 is 58.5 Å². The summed E-state index contributed by atoms with van der Waals surface area (Å²) in [7, 11) is -2.79. The number of phosphoric acid groups is 1. The van der Waals surface area contributed by atoms with Crippen LogP contribution in [0.4, 0.5) is 30.7 Å². The number of rotatable bonds is 19. The molecule has 374 valence electrons. The van der Waals surface area contributed by atoms with Gasteiger partial charge < -0.3 is 10.2 Å². The second-order valence-corrected chi connectivity index (χ2v) is 18.9. The molecule has 0 aliphatic carbocycles. The second-order valence-electron chi connectivity index (χ2n) is 17.3. The van der Waals surface area contributed by atoms with E-state index in [4.69, 9.17) is 13.6 Å². The van der Waals surface area contributed by atoms with Crippen LogP contribution in [0.25, 0.3) is 33.5 Å². The summed E-state index contributed by atoms with van der Waals surface area (Å²) >= 11 is 0. The molecule has 71 heavy (non-hydrogen) atoms. The molecule has 1 aromatic carbocycles. The van der Waals surface area contributed by atoms with Gasteiger partial charge in [-0.1, -0.05) is 12.2 Å². The molecule has 0 bridgehead atoms. The number of carbonyl (C=O) groups is 2. The molecule has 0 radical (unpaired) electrons. The lowest BCUT2D eigenvalue weighted by Gasteiger charge is -2.37. The molecule has 6 aromatic rings. The highest BCUT2D eigenvalue weighted by molar-refractivity contribution is 7.48. The summed E-state index contributed by atoms with van der Waals surface area (Å²) in [5.74, 6) is -3.93. The Morgan fingerprint density at radius 1 is 1.03 bits per heavy atom. The molecule has 7 rings (SSSR count). The number of hydrogen-bond acceptors (Lipinski definition) is 13. The molecule has 1 aliphatic heterocycles. The molecule has 6 heterocycles. The number of hydrogen-bond donors (Lipinski definition) is 1. The summed E-state index contributed by atoms with van der Waals surface area (Å²) < 4.78 is 133. The van der Waals surface area contributed by atoms with Gasteiger partial charge in [-0.25, -0.2) is 28.6 Å². The third-order valence-electron chi connectivity index (χ3n) is 11.1. The maximum Gasteiger partial charge on any atom is 0.476 e. The molecule has 0 saturated carbocycles. The highest BCUT2D eigenvalue weighted by atomic mass is 31.2. The van der Waals surface area contributed by atoms with Crippen LogP contribution in [0.2, 0.25) is 0 Å². The van der Waals surface area contributed by atoms with Gasteiger partial charge in [0.05, 0.1) is 59.5 Å². The van der Waals surface area contributed by atoms with Crippen molar-refractivity contribution in [3.05, 3.63) is 120 Å². The summed E-state index contributed by atoms with van der Waals surface area (Å²) in [6.07, 6.45) is 1.51. The fourth-order valence-electron chi connectivity index (χ4n) is 7.90. The Labute approximate surface area is 400 Å². The van der Waals surface area contributed by atoms with Crippen LogP contribution in [-0.4, -0.2) is 92.3 Å². The zero-order valence-corrected chi connectivity index (χ0v) is 39.4. The number of phosphoric ester groups is 1. The second kappa shape index (κ2) is 19.9. The number of aryl methyl sites for hydroxylation is 1. The monoisotopic (exact) mass is 1010 g/mol. The van der Waals surface area contributed by atoms with E-state index in [1.807, 2.05) is 6.07 Å². The maximum absolute atomic E-state index is 15.9. The number of pyridine rings is 1. The standard InChI is InChI=1S/C45H44F7N12O6P/c1-8-14-68-71(67,69-15-9-2)70-44(5,6)41-54-21-27(22-55-41)31-18-34(45(50,51)52)59-64(31)24-43(3,4)58-39(65)33(16-25-20-56-63(23-25)42(48)49)62-13-12-28-29(10-11-30(46)35(28)40(62)66)36-26(19-53)17-32-37(57-36)38(47)60-61(32)7/h8-11,17-18,20-23,33,42H,1-2,12-16,24H2,3-7H3,(H,58,65)/t33-/m1/s1. The molecule has 18 nitrogen and oxygen atoms in total. The van der Waals surface area contributed by atoms with E-state index in [1.54, 1.807) is 0 Å². The van der Waals surface area contributed by atoms with Crippen LogP contribution < -0.4 is 5.32 Å². The van der Waals surface area contributed by atoms with E-state index in [9.17, 15) is 45.8 Å². The fourth-order valence-corrected chi connectivity index (χ4v) is 9.29. The van der Waals surface area contributed by atoms with Crippen molar-refractivity contribution in [2.24, 2.45) is 7.05 Å². The topological polar surface area (TPSA) is 210 Å². The highest BCUT2D eigenvalue weighted by Gasteiger charge is 2.42. The van der Waals surface area contributed by atoms with Crippen molar-refractivity contribution in [2.75, 3.05) is 19.8 Å². The highest BCUT2D eigenvalue weighted by Crippen LogP contribution is 2.54. The van der Waals surface area contributed by atoms with E-state index in [1.165, 1.54) is 76.1 Å². The molecular weight excluding hydrogens is 969 g/mol. The minimum absolute atomic E-state index is 0.0270. The van der Waals surface area contributed by atoms with Crippen molar-refractivity contribution in [2.45, 2.75) is 77.0 Å². The number of carbonyl (C=O) groups excluding carboxylic acids is 2. The quantitative estimate of drug-likeness (QED) is 0.0464. The van der Waals surface area contributed by atoms with Crippen LogP contribution >= 0.6 is 7.82 Å². The van der Waals surface area contributed by atoms with Gasteiger partial charge in [0.1, 0.15) is 29.0 Å². The number of nitrogens with one attached hydrogen (secondary N) is 1. The largest absolute Gasteiger partial charge is 0.476 e. The Morgan fingerprint density at radius 2 is 1.70 bits per heavy atom. The van der Waals surface area contributed by atoms with Gasteiger partial charge >= 0.3 is 20.5 Å². The van der Waals surface area contributed by atoms with Crippen LogP contribution in [0.1, 0.15) is 72.8 Å². The Hall–Kier alpha value is -7.13. The molecular formula is C45H44F7N12O6P. The lowest BCUT2D eigenvalue weighted by Crippen LogP contribution is -2.58. The smallest absolute Gasteiger partial charge is 0.348 e. The van der Waals surface area contributed by atoms with E-state index in [0.29, 0.717) is 4.68 Å². The summed E-state index contributed by atoms with van der Waals surface area (Å²) in [5.41, 5.74) is -4.75. The van der Waals surface area contributed by atoms with Crippen molar-refractivity contribution in [3.8, 4) is 28.6 Å². The van der Waals surface area contributed by atoms with Gasteiger partial charge in [-0.3, -0.25) is 32.5 Å². The predicted molar refractivity (Wildman–Crippen MR) is 239 cm³/mol. The van der Waals surface area contributed by atoms with Gasteiger partial charge in [-0.2, -0.15) is 41.8 Å². The van der Waals surface area contributed by atoms with Crippen LogP contribution in [-0.2, 0) is 61.1 Å². The van der Waals surface area contributed by atoms with Crippen molar-refractivity contribution >= 4 is 30.7 Å². The van der Waals surface area contributed by atoms with Crippen molar-refractivity contribution in [3.63, 3.8) is 0 Å². The van der Waals surface area contributed by atoms with Gasteiger partial charge in [-0.15, -0.1) is 18.3 Å². The maximum atomic E-state index is 15.9. The zero-order valence-electron chi connectivity index (χ0n) is 38.5. The first-order chi connectivity index (χ1) is 33.4. The van der Waals surface area contributed by atoms with Gasteiger partial charge in [0.15, 0.2) is 11.5 Å². The molecule has 2 amide bonds. The molecule has 26 heteroatoms. The van der Waals surface area contributed by atoms with Gasteiger partial charge in [0.25, 0.3) is 11.9 Å². The number of halogens is 7. The number of aromatic nitrogens is 9. The molecule has 0 spiro atoms. The number of nitriles is 1. The Morgan fingerprint density at radius 3 is 2.31 bits per heavy atom. The van der Waals surface area contributed by atoms with E-state index < -0.39 is 85.5 Å². The molecule has 1 atom stereocenters. The predicted octanol–water partition coefficient (Wildman–Crippen LogP) is 8.02. The summed E-state index contributed by atoms with van der Waals surface area (Å²) in [6.45, 7) is 8.66. The third kappa shape index (κ3) is 10.9. The SMILES string of the molecule is C=CCOP(=O)(OCC=C)OC(C)(C)c1ncc(-c2cc(C(F)(F)F)nn2CC(C)(C)NC(=O)[C@@H](Cc2cnn(C(F)F)c2)N2CCc3c(-c4nc5c(F)nn(C)c5cc4C#N)ccc(F)c3C2=O)cn1. The lowest BCUT2D eigenvalue weighted by atomic mass is 9.89. The van der Waals surface area contributed by atoms with Crippen LogP contribution in [0.15, 0.2) is 74.4 Å². The first kappa shape index (κ1) is 51.7. The van der Waals surface area contributed by atoms with Crippen LogP contribution in [0.3, 0.4) is 0 Å². The summed E-state index contributed by atoms with van der Waals surface area (Å²) in [6, 6.07) is 4.78. The van der Waals surface area contributed by atoms with Crippen LogP contribution in [0.5, 0.6) is 0 Å². The normalized spacial score (nSPS) is 13.9. The number of fused-ring (bicyclic) bond motifs is 2. The van der Waals surface area contributed by atoms with Crippen LogP contribution in [0, 0.1) is 23.1 Å². The lowest BCUT2D eigenvalue weighted by molar-refractivity contribution is -0.141.